The van der Waals surface area contributed by atoms with E-state index in [0.29, 0.717) is 15.8 Å². The van der Waals surface area contributed by atoms with Crippen LogP contribution in [0.4, 0.5) is 4.39 Å². The molecule has 0 unspecified atom stereocenters. The van der Waals surface area contributed by atoms with Gasteiger partial charge in [-0.2, -0.15) is 0 Å². The topological polar surface area (TPSA) is 35.5 Å². The van der Waals surface area contributed by atoms with Crippen molar-refractivity contribution >= 4 is 21.7 Å². The summed E-state index contributed by atoms with van der Waals surface area (Å²) in [6, 6.07) is 9.50. The molecule has 2 rings (SSSR count). The third kappa shape index (κ3) is 3.82. The van der Waals surface area contributed by atoms with Gasteiger partial charge in [-0.15, -0.1) is 0 Å². The van der Waals surface area contributed by atoms with Crippen LogP contribution in [0, 0.1) is 12.7 Å². The molecule has 3 nitrogen and oxygen atoms in total. The zero-order valence-electron chi connectivity index (χ0n) is 11.7. The van der Waals surface area contributed by atoms with Gasteiger partial charge in [0.2, 0.25) is 0 Å². The first-order valence-electron chi connectivity index (χ1n) is 6.27. The van der Waals surface area contributed by atoms with E-state index in [1.165, 1.54) is 6.07 Å². The van der Waals surface area contributed by atoms with E-state index in [4.69, 9.17) is 9.47 Å². The van der Waals surface area contributed by atoms with Crippen LogP contribution >= 0.6 is 15.9 Å². The van der Waals surface area contributed by atoms with Gasteiger partial charge in [-0.05, 0) is 58.7 Å². The maximum absolute atomic E-state index is 13.5. The summed E-state index contributed by atoms with van der Waals surface area (Å²) < 4.78 is 24.6. The minimum Gasteiger partial charge on any atom is -0.496 e. The molecule has 2 aromatic carbocycles. The zero-order chi connectivity index (χ0) is 15.4. The van der Waals surface area contributed by atoms with Crippen molar-refractivity contribution in [2.75, 3.05) is 13.7 Å². The van der Waals surface area contributed by atoms with E-state index in [0.717, 1.165) is 5.56 Å². The molecule has 0 spiro atoms. The van der Waals surface area contributed by atoms with Crippen molar-refractivity contribution in [1.82, 2.24) is 0 Å². The van der Waals surface area contributed by atoms with Gasteiger partial charge >= 0.3 is 0 Å². The molecule has 0 fully saturated rings. The van der Waals surface area contributed by atoms with Crippen LogP contribution in [0.25, 0.3) is 0 Å². The first-order chi connectivity index (χ1) is 10.0. The van der Waals surface area contributed by atoms with Crippen LogP contribution in [0.2, 0.25) is 0 Å². The van der Waals surface area contributed by atoms with Gasteiger partial charge in [-0.1, -0.05) is 6.07 Å². The molecule has 0 radical (unpaired) electrons. The van der Waals surface area contributed by atoms with Gasteiger partial charge in [0.25, 0.3) is 0 Å². The largest absolute Gasteiger partial charge is 0.496 e. The molecule has 0 heterocycles. The van der Waals surface area contributed by atoms with Crippen LogP contribution in [0.15, 0.2) is 40.9 Å². The average Bonchev–Trinajstić information content (AvgIpc) is 2.47. The zero-order valence-corrected chi connectivity index (χ0v) is 13.2. The molecule has 110 valence electrons. The Kier molecular flexibility index (Phi) is 4.96. The van der Waals surface area contributed by atoms with Crippen molar-refractivity contribution in [2.24, 2.45) is 0 Å². The standard InChI is InChI=1S/C16H14BrFO3/c1-10-3-5-13(18)16(7-10)21-9-14(19)11-4-6-15(20-2)12(17)8-11/h3-8H,9H2,1-2H3. The van der Waals surface area contributed by atoms with Gasteiger partial charge in [-0.25, -0.2) is 4.39 Å². The molecule has 0 N–H and O–H groups in total. The Hall–Kier alpha value is -1.88. The lowest BCUT2D eigenvalue weighted by molar-refractivity contribution is 0.0918. The quantitative estimate of drug-likeness (QED) is 0.757. The number of methoxy groups -OCH3 is 1. The second-order valence-electron chi connectivity index (χ2n) is 4.50. The smallest absolute Gasteiger partial charge is 0.200 e. The molecule has 0 aliphatic heterocycles. The molecule has 0 saturated carbocycles. The Morgan fingerprint density at radius 2 is 1.95 bits per heavy atom. The lowest BCUT2D eigenvalue weighted by Crippen LogP contribution is -2.12. The van der Waals surface area contributed by atoms with Crippen molar-refractivity contribution < 1.29 is 18.7 Å². The van der Waals surface area contributed by atoms with Gasteiger partial charge in [0.15, 0.2) is 24.0 Å². The number of aryl methyl sites for hydroxylation is 1. The SMILES string of the molecule is COc1ccc(C(=O)COc2cc(C)ccc2F)cc1Br. The fraction of sp³-hybridized carbons (Fsp3) is 0.188. The normalized spacial score (nSPS) is 10.3. The van der Waals surface area contributed by atoms with Crippen LogP contribution in [0.3, 0.4) is 0 Å². The summed E-state index contributed by atoms with van der Waals surface area (Å²) in [5.74, 6) is -0.00306. The number of rotatable bonds is 5. The van der Waals surface area contributed by atoms with E-state index in [2.05, 4.69) is 15.9 Å². The molecule has 0 aliphatic rings. The van der Waals surface area contributed by atoms with Crippen LogP contribution in [-0.4, -0.2) is 19.5 Å². The minimum absolute atomic E-state index is 0.0796. The number of halogens is 2. The second-order valence-corrected chi connectivity index (χ2v) is 5.35. The van der Waals surface area contributed by atoms with Crippen molar-refractivity contribution in [1.29, 1.82) is 0 Å². The number of ether oxygens (including phenoxy) is 2. The lowest BCUT2D eigenvalue weighted by atomic mass is 10.1. The average molecular weight is 353 g/mol. The number of hydrogen-bond acceptors (Lipinski definition) is 3. The highest BCUT2D eigenvalue weighted by atomic mass is 79.9. The van der Waals surface area contributed by atoms with Crippen LogP contribution in [-0.2, 0) is 0 Å². The number of hydrogen-bond donors (Lipinski definition) is 0. The van der Waals surface area contributed by atoms with Gasteiger partial charge in [0, 0.05) is 5.56 Å². The molecule has 0 atom stereocenters. The van der Waals surface area contributed by atoms with E-state index in [-0.39, 0.29) is 18.1 Å². The molecule has 0 amide bonds. The van der Waals surface area contributed by atoms with Crippen molar-refractivity contribution in [3.8, 4) is 11.5 Å². The number of carbonyl (C=O) groups excluding carboxylic acids is 1. The Morgan fingerprint density at radius 3 is 2.62 bits per heavy atom. The Bertz CT molecular complexity index is 671. The van der Waals surface area contributed by atoms with Gasteiger partial charge < -0.3 is 9.47 Å². The van der Waals surface area contributed by atoms with Crippen LogP contribution in [0.5, 0.6) is 11.5 Å². The predicted octanol–water partition coefficient (Wildman–Crippen LogP) is 4.17. The lowest BCUT2D eigenvalue weighted by Gasteiger charge is -2.09. The molecular weight excluding hydrogens is 339 g/mol. The molecule has 0 bridgehead atoms. The third-order valence-corrected chi connectivity index (χ3v) is 3.54. The van der Waals surface area contributed by atoms with Gasteiger partial charge in [-0.3, -0.25) is 4.79 Å². The minimum atomic E-state index is -0.482. The third-order valence-electron chi connectivity index (χ3n) is 2.92. The Balaban J connectivity index is 2.08. The van der Waals surface area contributed by atoms with Crippen LogP contribution < -0.4 is 9.47 Å². The fourth-order valence-electron chi connectivity index (χ4n) is 1.79. The summed E-state index contributed by atoms with van der Waals surface area (Å²) in [5.41, 5.74) is 1.33. The van der Waals surface area contributed by atoms with E-state index < -0.39 is 5.82 Å². The van der Waals surface area contributed by atoms with Crippen molar-refractivity contribution in [3.63, 3.8) is 0 Å². The summed E-state index contributed by atoms with van der Waals surface area (Å²) in [4.78, 5) is 12.1. The molecule has 0 saturated heterocycles. The molecule has 0 aromatic heterocycles. The van der Waals surface area contributed by atoms with Gasteiger partial charge in [0.1, 0.15) is 5.75 Å². The molecule has 5 heteroatoms. The van der Waals surface area contributed by atoms with E-state index in [1.807, 2.05) is 6.92 Å². The molecule has 2 aromatic rings. The Morgan fingerprint density at radius 1 is 1.19 bits per heavy atom. The Labute approximate surface area is 130 Å². The number of benzene rings is 2. The maximum Gasteiger partial charge on any atom is 0.200 e. The summed E-state index contributed by atoms with van der Waals surface area (Å²) in [6.45, 7) is 1.61. The molecule has 21 heavy (non-hydrogen) atoms. The first kappa shape index (κ1) is 15.5. The van der Waals surface area contributed by atoms with E-state index in [9.17, 15) is 9.18 Å². The summed E-state index contributed by atoms with van der Waals surface area (Å²) in [6.07, 6.45) is 0. The van der Waals surface area contributed by atoms with E-state index >= 15 is 0 Å². The highest BCUT2D eigenvalue weighted by Gasteiger charge is 2.11. The van der Waals surface area contributed by atoms with Crippen LogP contribution in [0.1, 0.15) is 15.9 Å². The molecule has 0 aliphatic carbocycles. The number of carbonyl (C=O) groups is 1. The second kappa shape index (κ2) is 6.72. The predicted molar refractivity (Wildman–Crippen MR) is 81.7 cm³/mol. The van der Waals surface area contributed by atoms with Crippen molar-refractivity contribution in [3.05, 3.63) is 57.8 Å². The molecular formula is C16H14BrFO3. The highest BCUT2D eigenvalue weighted by Crippen LogP contribution is 2.26. The maximum atomic E-state index is 13.5. The summed E-state index contributed by atoms with van der Waals surface area (Å²) in [5, 5.41) is 0. The highest BCUT2D eigenvalue weighted by molar-refractivity contribution is 9.10. The number of ketones is 1. The van der Waals surface area contributed by atoms with E-state index in [1.54, 1.807) is 37.4 Å². The number of Topliss-reactive ketones (excluding diaryl/α,β-unsaturated/α-hetero) is 1. The fourth-order valence-corrected chi connectivity index (χ4v) is 2.33. The van der Waals surface area contributed by atoms with Crippen molar-refractivity contribution in [2.45, 2.75) is 6.92 Å². The monoisotopic (exact) mass is 352 g/mol. The van der Waals surface area contributed by atoms with Gasteiger partial charge in [0.05, 0.1) is 11.6 Å². The first-order valence-corrected chi connectivity index (χ1v) is 7.06. The summed E-state index contributed by atoms with van der Waals surface area (Å²) in [7, 11) is 1.55. The summed E-state index contributed by atoms with van der Waals surface area (Å²) >= 11 is 3.31.